The van der Waals surface area contributed by atoms with E-state index in [1.165, 1.54) is 21.5 Å². The molecule has 0 bridgehead atoms. The number of thiocarbonyl (C=S) groups is 1. The quantitative estimate of drug-likeness (QED) is 0.216. The molecule has 0 spiro atoms. The predicted molar refractivity (Wildman–Crippen MR) is 114 cm³/mol. The Hall–Kier alpha value is -2.50. The molecule has 26 heavy (non-hydrogen) atoms. The van der Waals surface area contributed by atoms with Crippen LogP contribution in [0.25, 0.3) is 21.5 Å². The van der Waals surface area contributed by atoms with Crippen LogP contribution in [0, 0.1) is 0 Å². The molecular formula is C21H23N3OS. The van der Waals surface area contributed by atoms with E-state index in [0.717, 1.165) is 31.7 Å². The van der Waals surface area contributed by atoms with E-state index >= 15 is 0 Å². The highest BCUT2D eigenvalue weighted by atomic mass is 32.1. The Morgan fingerprint density at radius 1 is 1.08 bits per heavy atom. The zero-order valence-corrected chi connectivity index (χ0v) is 15.7. The molecule has 0 aliphatic rings. The number of hydrogen-bond donors (Lipinski definition) is 2. The number of nitrogens with zero attached hydrogens (tertiary/aromatic N) is 1. The zero-order chi connectivity index (χ0) is 18.2. The molecule has 0 aliphatic heterocycles. The topological polar surface area (TPSA) is 45.6 Å². The highest BCUT2D eigenvalue weighted by Crippen LogP contribution is 2.27. The molecule has 0 aliphatic carbocycles. The lowest BCUT2D eigenvalue weighted by atomic mass is 9.97. The predicted octanol–water partition coefficient (Wildman–Crippen LogP) is 4.22. The number of hydrogen-bond acceptors (Lipinski definition) is 3. The van der Waals surface area contributed by atoms with E-state index in [2.05, 4.69) is 58.3 Å². The standard InChI is InChI=1S/C21H23N3OS/c1-2-25-13-7-12-22-21(26)24-23-15-20-18-10-5-3-8-16(18)14-17-9-4-6-11-19(17)20/h3-6,8-11,14-15H,2,7,12-13H2,1H3,(H2,22,24,26)/b23-15-. The second kappa shape index (κ2) is 9.27. The van der Waals surface area contributed by atoms with E-state index in [-0.39, 0.29) is 0 Å². The van der Waals surface area contributed by atoms with Crippen molar-refractivity contribution in [1.82, 2.24) is 10.7 Å². The summed E-state index contributed by atoms with van der Waals surface area (Å²) < 4.78 is 5.30. The summed E-state index contributed by atoms with van der Waals surface area (Å²) in [6.45, 7) is 4.23. The number of rotatable bonds is 7. The van der Waals surface area contributed by atoms with Crippen molar-refractivity contribution >= 4 is 45.1 Å². The van der Waals surface area contributed by atoms with Gasteiger partial charge in [0.05, 0.1) is 6.21 Å². The third-order valence-corrected chi connectivity index (χ3v) is 4.36. The Labute approximate surface area is 159 Å². The van der Waals surface area contributed by atoms with Gasteiger partial charge in [-0.1, -0.05) is 48.5 Å². The first-order valence-electron chi connectivity index (χ1n) is 8.84. The van der Waals surface area contributed by atoms with Crippen LogP contribution in [0.5, 0.6) is 0 Å². The maximum atomic E-state index is 5.30. The van der Waals surface area contributed by atoms with Gasteiger partial charge in [-0.3, -0.25) is 5.43 Å². The van der Waals surface area contributed by atoms with Crippen LogP contribution in [-0.2, 0) is 4.74 Å². The molecule has 0 amide bonds. The molecule has 0 aromatic heterocycles. The van der Waals surface area contributed by atoms with Crippen LogP contribution in [0.2, 0.25) is 0 Å². The molecule has 5 heteroatoms. The molecule has 4 nitrogen and oxygen atoms in total. The lowest BCUT2D eigenvalue weighted by Gasteiger charge is -2.09. The van der Waals surface area contributed by atoms with Gasteiger partial charge in [0.1, 0.15) is 0 Å². The molecule has 0 unspecified atom stereocenters. The average molecular weight is 366 g/mol. The van der Waals surface area contributed by atoms with E-state index in [0.29, 0.717) is 5.11 Å². The second-order valence-electron chi connectivity index (χ2n) is 5.91. The summed E-state index contributed by atoms with van der Waals surface area (Å²) in [6.07, 6.45) is 2.76. The minimum absolute atomic E-state index is 0.516. The number of nitrogens with one attached hydrogen (secondary N) is 2. The number of benzene rings is 3. The minimum Gasteiger partial charge on any atom is -0.382 e. The SMILES string of the molecule is CCOCCCNC(=S)N/N=C\c1c2ccccc2cc2ccccc12. The summed E-state index contributed by atoms with van der Waals surface area (Å²) in [5, 5.41) is 12.7. The van der Waals surface area contributed by atoms with E-state index in [9.17, 15) is 0 Å². The molecule has 0 saturated carbocycles. The fourth-order valence-corrected chi connectivity index (χ4v) is 3.06. The molecule has 0 heterocycles. The molecule has 0 fully saturated rings. The monoisotopic (exact) mass is 365 g/mol. The molecule has 0 atom stereocenters. The first kappa shape index (κ1) is 18.3. The second-order valence-corrected chi connectivity index (χ2v) is 6.32. The Bertz CT molecular complexity index is 869. The molecule has 3 rings (SSSR count). The Kier molecular flexibility index (Phi) is 6.52. The van der Waals surface area contributed by atoms with Gasteiger partial charge in [-0.05, 0) is 53.2 Å². The molecule has 3 aromatic rings. The fourth-order valence-electron chi connectivity index (χ4n) is 2.90. The zero-order valence-electron chi connectivity index (χ0n) is 14.9. The van der Waals surface area contributed by atoms with Crippen molar-refractivity contribution in [1.29, 1.82) is 0 Å². The third kappa shape index (κ3) is 4.56. The molecule has 0 radical (unpaired) electrons. The minimum atomic E-state index is 0.516. The van der Waals surface area contributed by atoms with Crippen molar-refractivity contribution in [2.24, 2.45) is 5.10 Å². The van der Waals surface area contributed by atoms with Gasteiger partial charge in [-0.25, -0.2) is 0 Å². The van der Waals surface area contributed by atoms with Gasteiger partial charge in [0, 0.05) is 25.3 Å². The Morgan fingerprint density at radius 2 is 1.73 bits per heavy atom. The van der Waals surface area contributed by atoms with Gasteiger partial charge in [0.15, 0.2) is 5.11 Å². The van der Waals surface area contributed by atoms with Crippen LogP contribution < -0.4 is 10.7 Å². The summed E-state index contributed by atoms with van der Waals surface area (Å²) >= 11 is 5.26. The molecule has 3 aromatic carbocycles. The van der Waals surface area contributed by atoms with Crippen molar-refractivity contribution in [2.75, 3.05) is 19.8 Å². The Balaban J connectivity index is 1.73. The van der Waals surface area contributed by atoms with Crippen LogP contribution in [0.4, 0.5) is 0 Å². The summed E-state index contributed by atoms with van der Waals surface area (Å²) in [5.41, 5.74) is 3.99. The summed E-state index contributed by atoms with van der Waals surface area (Å²) in [5.74, 6) is 0. The first-order chi connectivity index (χ1) is 12.8. The number of hydrazone groups is 1. The largest absolute Gasteiger partial charge is 0.382 e. The molecule has 2 N–H and O–H groups in total. The van der Waals surface area contributed by atoms with Crippen molar-refractivity contribution < 1.29 is 4.74 Å². The van der Waals surface area contributed by atoms with E-state index in [4.69, 9.17) is 17.0 Å². The molecule has 0 saturated heterocycles. The van der Waals surface area contributed by atoms with E-state index in [1.807, 2.05) is 25.3 Å². The fraction of sp³-hybridized carbons (Fsp3) is 0.238. The number of ether oxygens (including phenoxy) is 1. The maximum absolute atomic E-state index is 5.30. The smallest absolute Gasteiger partial charge is 0.186 e. The highest BCUT2D eigenvalue weighted by molar-refractivity contribution is 7.80. The first-order valence-corrected chi connectivity index (χ1v) is 9.25. The molecular weight excluding hydrogens is 342 g/mol. The average Bonchev–Trinajstić information content (AvgIpc) is 2.67. The van der Waals surface area contributed by atoms with Gasteiger partial charge in [-0.15, -0.1) is 0 Å². The van der Waals surface area contributed by atoms with Crippen molar-refractivity contribution in [3.05, 3.63) is 60.2 Å². The van der Waals surface area contributed by atoms with Crippen molar-refractivity contribution in [2.45, 2.75) is 13.3 Å². The molecule has 134 valence electrons. The van der Waals surface area contributed by atoms with Gasteiger partial charge in [-0.2, -0.15) is 5.10 Å². The van der Waals surface area contributed by atoms with Crippen LogP contribution in [0.3, 0.4) is 0 Å². The highest BCUT2D eigenvalue weighted by Gasteiger charge is 2.05. The lowest BCUT2D eigenvalue weighted by Crippen LogP contribution is -2.33. The van der Waals surface area contributed by atoms with Gasteiger partial charge >= 0.3 is 0 Å². The van der Waals surface area contributed by atoms with Crippen LogP contribution in [0.1, 0.15) is 18.9 Å². The van der Waals surface area contributed by atoms with Gasteiger partial charge in [0.2, 0.25) is 0 Å². The van der Waals surface area contributed by atoms with Crippen molar-refractivity contribution in [3.8, 4) is 0 Å². The van der Waals surface area contributed by atoms with Crippen LogP contribution in [0.15, 0.2) is 59.7 Å². The van der Waals surface area contributed by atoms with Crippen LogP contribution in [-0.4, -0.2) is 31.1 Å². The van der Waals surface area contributed by atoms with E-state index < -0.39 is 0 Å². The van der Waals surface area contributed by atoms with Gasteiger partial charge in [0.25, 0.3) is 0 Å². The number of fused-ring (bicyclic) bond motifs is 2. The summed E-state index contributed by atoms with van der Waals surface area (Å²) in [6, 6.07) is 18.9. The normalized spacial score (nSPS) is 11.3. The van der Waals surface area contributed by atoms with Crippen molar-refractivity contribution in [3.63, 3.8) is 0 Å². The Morgan fingerprint density at radius 3 is 2.38 bits per heavy atom. The third-order valence-electron chi connectivity index (χ3n) is 4.13. The van der Waals surface area contributed by atoms with Gasteiger partial charge < -0.3 is 10.1 Å². The maximum Gasteiger partial charge on any atom is 0.186 e. The summed E-state index contributed by atoms with van der Waals surface area (Å²) in [4.78, 5) is 0. The van der Waals surface area contributed by atoms with Crippen LogP contribution >= 0.6 is 12.2 Å². The lowest BCUT2D eigenvalue weighted by molar-refractivity contribution is 0.145. The van der Waals surface area contributed by atoms with E-state index in [1.54, 1.807) is 0 Å². The summed E-state index contributed by atoms with van der Waals surface area (Å²) in [7, 11) is 0.